The first-order valence-electron chi connectivity index (χ1n) is 7.92. The summed E-state index contributed by atoms with van der Waals surface area (Å²) in [4.78, 5) is 2.11. The number of rotatable bonds is 6. The Bertz CT molecular complexity index is 784. The summed E-state index contributed by atoms with van der Waals surface area (Å²) in [5.41, 5.74) is 3.56. The number of ether oxygens (including phenoxy) is 1. The van der Waals surface area contributed by atoms with Crippen molar-refractivity contribution in [1.29, 1.82) is 0 Å². The molecule has 1 heterocycles. The zero-order valence-corrected chi connectivity index (χ0v) is 15.2. The van der Waals surface area contributed by atoms with Gasteiger partial charge in [-0.1, -0.05) is 42.0 Å². The third-order valence-corrected chi connectivity index (χ3v) is 3.82. The summed E-state index contributed by atoms with van der Waals surface area (Å²) in [6.45, 7) is 4.35. The van der Waals surface area contributed by atoms with E-state index in [1.165, 1.54) is 11.1 Å². The fourth-order valence-corrected chi connectivity index (χ4v) is 2.57. The molecule has 128 valence electrons. The van der Waals surface area contributed by atoms with Gasteiger partial charge >= 0.3 is 0 Å². The molecule has 0 bridgehead atoms. The van der Waals surface area contributed by atoms with Crippen molar-refractivity contribution in [2.45, 2.75) is 13.5 Å². The first-order chi connectivity index (χ1) is 11.1. The van der Waals surface area contributed by atoms with Crippen molar-refractivity contribution >= 4 is 23.3 Å². The molecule has 0 aliphatic carbocycles. The Labute approximate surface area is 149 Å². The van der Waals surface area contributed by atoms with Crippen molar-refractivity contribution in [1.82, 2.24) is 14.7 Å². The van der Waals surface area contributed by atoms with Gasteiger partial charge < -0.3 is 9.64 Å². The van der Waals surface area contributed by atoms with Crippen molar-refractivity contribution in [2.75, 3.05) is 27.2 Å². The number of halogens is 1. The number of aryl methyl sites for hydroxylation is 1. The second-order valence-electron chi connectivity index (χ2n) is 6.12. The Kier molecular flexibility index (Phi) is 6.23. The molecule has 2 aromatic carbocycles. The van der Waals surface area contributed by atoms with Gasteiger partial charge in [0.25, 0.3) is 0 Å². The number of benzene rings is 2. The highest BCUT2D eigenvalue weighted by molar-refractivity contribution is 5.85. The predicted octanol–water partition coefficient (Wildman–Crippen LogP) is 3.76. The highest BCUT2D eigenvalue weighted by Crippen LogP contribution is 2.26. The van der Waals surface area contributed by atoms with Crippen LogP contribution in [0.3, 0.4) is 0 Å². The maximum Gasteiger partial charge on any atom is 0.240 e. The molecule has 0 saturated heterocycles. The molecule has 0 atom stereocenters. The van der Waals surface area contributed by atoms with Crippen LogP contribution in [0.15, 0.2) is 48.5 Å². The number of fused-ring (bicyclic) bond motifs is 1. The first kappa shape index (κ1) is 18.3. The lowest BCUT2D eigenvalue weighted by Crippen LogP contribution is -2.19. The molecule has 5 heteroatoms. The Morgan fingerprint density at radius 1 is 1.08 bits per heavy atom. The van der Waals surface area contributed by atoms with Crippen molar-refractivity contribution in [2.24, 2.45) is 0 Å². The first-order valence-corrected chi connectivity index (χ1v) is 7.92. The van der Waals surface area contributed by atoms with Gasteiger partial charge in [0, 0.05) is 6.54 Å². The summed E-state index contributed by atoms with van der Waals surface area (Å²) >= 11 is 0. The van der Waals surface area contributed by atoms with Crippen LogP contribution >= 0.6 is 12.4 Å². The van der Waals surface area contributed by atoms with E-state index in [1.54, 1.807) is 0 Å². The van der Waals surface area contributed by atoms with Crippen LogP contribution in [0.2, 0.25) is 0 Å². The predicted molar refractivity (Wildman–Crippen MR) is 101 cm³/mol. The average molecular weight is 346 g/mol. The summed E-state index contributed by atoms with van der Waals surface area (Å²) in [7, 11) is 4.08. The van der Waals surface area contributed by atoms with Gasteiger partial charge in [-0.15, -0.1) is 17.5 Å². The number of likely N-dealkylation sites (N-methyl/N-ethyl adjacent to an activating group) is 1. The van der Waals surface area contributed by atoms with Crippen LogP contribution in [-0.4, -0.2) is 41.9 Å². The van der Waals surface area contributed by atoms with Crippen molar-refractivity contribution < 1.29 is 4.74 Å². The molecule has 0 aliphatic rings. The molecule has 1 aromatic heterocycles. The Hall–Kier alpha value is -2.04. The number of aromatic nitrogens is 2. The van der Waals surface area contributed by atoms with E-state index in [1.807, 2.05) is 24.8 Å². The van der Waals surface area contributed by atoms with Gasteiger partial charge in [-0.2, -0.15) is 0 Å². The van der Waals surface area contributed by atoms with Gasteiger partial charge in [-0.25, -0.2) is 0 Å². The molecule has 0 fully saturated rings. The summed E-state index contributed by atoms with van der Waals surface area (Å²) in [5.74, 6) is 0.724. The van der Waals surface area contributed by atoms with E-state index < -0.39 is 0 Å². The lowest BCUT2D eigenvalue weighted by Gasteiger charge is -2.09. The van der Waals surface area contributed by atoms with Gasteiger partial charge in [0.1, 0.15) is 6.61 Å². The van der Waals surface area contributed by atoms with E-state index in [2.05, 4.69) is 54.3 Å². The number of hydrogen-bond acceptors (Lipinski definition) is 3. The highest BCUT2D eigenvalue weighted by atomic mass is 35.5. The van der Waals surface area contributed by atoms with Crippen LogP contribution in [0.1, 0.15) is 11.1 Å². The average Bonchev–Trinajstić information content (AvgIpc) is 2.85. The Balaban J connectivity index is 0.00000208. The molecule has 0 unspecified atom stereocenters. The molecule has 3 rings (SSSR count). The molecule has 24 heavy (non-hydrogen) atoms. The van der Waals surface area contributed by atoms with Crippen molar-refractivity contribution in [3.05, 3.63) is 59.7 Å². The van der Waals surface area contributed by atoms with Crippen LogP contribution in [0.25, 0.3) is 10.9 Å². The van der Waals surface area contributed by atoms with E-state index in [9.17, 15) is 0 Å². The fraction of sp³-hybridized carbons (Fsp3) is 0.316. The fourth-order valence-electron chi connectivity index (χ4n) is 2.57. The normalized spacial score (nSPS) is 10.8. The smallest absolute Gasteiger partial charge is 0.240 e. The molecule has 0 radical (unpaired) electrons. The van der Waals surface area contributed by atoms with Crippen molar-refractivity contribution in [3.63, 3.8) is 0 Å². The SMILES string of the molecule is Cc1ccc2c(c1)c(OCCN(C)C)nn2Cc1ccccc1.Cl. The molecule has 0 saturated carbocycles. The highest BCUT2D eigenvalue weighted by Gasteiger charge is 2.12. The lowest BCUT2D eigenvalue weighted by molar-refractivity contribution is 0.254. The second-order valence-corrected chi connectivity index (χ2v) is 6.12. The largest absolute Gasteiger partial charge is 0.475 e. The van der Waals surface area contributed by atoms with Crippen LogP contribution in [0.4, 0.5) is 0 Å². The maximum absolute atomic E-state index is 5.93. The molecule has 0 aliphatic heterocycles. The Morgan fingerprint density at radius 2 is 1.83 bits per heavy atom. The summed E-state index contributed by atoms with van der Waals surface area (Å²) in [6, 6.07) is 16.8. The van der Waals surface area contributed by atoms with Gasteiger partial charge in [0.15, 0.2) is 0 Å². The van der Waals surface area contributed by atoms with Gasteiger partial charge in [0.05, 0.1) is 17.4 Å². The minimum atomic E-state index is 0. The third kappa shape index (κ3) is 4.28. The van der Waals surface area contributed by atoms with E-state index in [0.717, 1.165) is 29.9 Å². The molecule has 0 N–H and O–H groups in total. The second kappa shape index (κ2) is 8.18. The molecular formula is C19H24ClN3O. The van der Waals surface area contributed by atoms with Crippen LogP contribution in [-0.2, 0) is 6.54 Å². The topological polar surface area (TPSA) is 30.3 Å². The standard InChI is InChI=1S/C19H23N3O.ClH/c1-15-9-10-18-17(13-15)19(23-12-11-21(2)3)20-22(18)14-16-7-5-4-6-8-16;/h4-10,13H,11-12,14H2,1-3H3;1H. The minimum absolute atomic E-state index is 0. The third-order valence-electron chi connectivity index (χ3n) is 3.82. The van der Waals surface area contributed by atoms with Crippen LogP contribution in [0, 0.1) is 6.92 Å². The molecular weight excluding hydrogens is 322 g/mol. The Morgan fingerprint density at radius 3 is 2.54 bits per heavy atom. The van der Waals surface area contributed by atoms with E-state index in [0.29, 0.717) is 6.61 Å². The molecule has 0 spiro atoms. The van der Waals surface area contributed by atoms with Gasteiger partial charge in [-0.05, 0) is 38.7 Å². The minimum Gasteiger partial charge on any atom is -0.475 e. The van der Waals surface area contributed by atoms with Crippen molar-refractivity contribution in [3.8, 4) is 5.88 Å². The summed E-state index contributed by atoms with van der Waals surface area (Å²) < 4.78 is 7.95. The van der Waals surface area contributed by atoms with Crippen LogP contribution in [0.5, 0.6) is 5.88 Å². The van der Waals surface area contributed by atoms with E-state index in [-0.39, 0.29) is 12.4 Å². The number of nitrogens with zero attached hydrogens (tertiary/aromatic N) is 3. The van der Waals surface area contributed by atoms with Crippen LogP contribution < -0.4 is 4.74 Å². The monoisotopic (exact) mass is 345 g/mol. The number of hydrogen-bond donors (Lipinski definition) is 0. The molecule has 0 amide bonds. The zero-order valence-electron chi connectivity index (χ0n) is 14.4. The quantitative estimate of drug-likeness (QED) is 0.681. The van der Waals surface area contributed by atoms with Gasteiger partial charge in [-0.3, -0.25) is 4.68 Å². The summed E-state index contributed by atoms with van der Waals surface area (Å²) in [5, 5.41) is 5.78. The van der Waals surface area contributed by atoms with Gasteiger partial charge in [0.2, 0.25) is 5.88 Å². The zero-order chi connectivity index (χ0) is 16.2. The molecule has 4 nitrogen and oxygen atoms in total. The molecule has 3 aromatic rings. The van der Waals surface area contributed by atoms with E-state index in [4.69, 9.17) is 9.84 Å². The maximum atomic E-state index is 5.93. The summed E-state index contributed by atoms with van der Waals surface area (Å²) in [6.07, 6.45) is 0. The van der Waals surface area contributed by atoms with E-state index >= 15 is 0 Å². The lowest BCUT2D eigenvalue weighted by atomic mass is 10.2.